The van der Waals surface area contributed by atoms with Crippen LogP contribution in [-0.4, -0.2) is 46.6 Å². The number of aliphatic hydroxyl groups is 1. The second kappa shape index (κ2) is 6.67. The number of nitrogen functional groups attached to an aromatic ring is 1. The van der Waals surface area contributed by atoms with Gasteiger partial charge < -0.3 is 34.2 Å². The molecule has 4 heterocycles. The standard InChI is InChI=1S/C20H21N3O6/c1-20-16(12-8-26-15-14(12)22-9-23-18(15)21)27-13(7-24)17(20)28-19(29-20)10-3-5-11(25-2)6-4-10/h3-6,8-9,13,16-17,19,24H,7H2,1-2H3,(H2,21,22,23)/t13-,16+,17-,19?,20+/m1/s1. The molecular formula is C20H21N3O6. The Balaban J connectivity index is 1.52. The van der Waals surface area contributed by atoms with E-state index in [0.717, 1.165) is 11.3 Å². The SMILES string of the molecule is COc1ccc(C2O[C@@H]3[C@@H](CO)O[C@@H](c4coc5c(N)ncnc45)[C@]3(C)O2)cc1. The number of nitrogens with zero attached hydrogens (tertiary/aromatic N) is 2. The number of hydrogen-bond acceptors (Lipinski definition) is 9. The Kier molecular flexibility index (Phi) is 4.21. The van der Waals surface area contributed by atoms with Crippen molar-refractivity contribution in [2.24, 2.45) is 0 Å². The highest BCUT2D eigenvalue weighted by molar-refractivity contribution is 5.85. The molecule has 29 heavy (non-hydrogen) atoms. The zero-order valence-electron chi connectivity index (χ0n) is 15.9. The largest absolute Gasteiger partial charge is 0.497 e. The number of hydrogen-bond donors (Lipinski definition) is 2. The number of anilines is 1. The number of nitrogens with two attached hydrogens (primary N) is 1. The molecule has 1 unspecified atom stereocenters. The van der Waals surface area contributed by atoms with Gasteiger partial charge in [-0.15, -0.1) is 0 Å². The monoisotopic (exact) mass is 399 g/mol. The highest BCUT2D eigenvalue weighted by Crippen LogP contribution is 2.54. The van der Waals surface area contributed by atoms with E-state index >= 15 is 0 Å². The lowest BCUT2D eigenvalue weighted by Crippen LogP contribution is -2.40. The van der Waals surface area contributed by atoms with Gasteiger partial charge in [-0.05, 0) is 19.1 Å². The van der Waals surface area contributed by atoms with Gasteiger partial charge in [-0.1, -0.05) is 12.1 Å². The van der Waals surface area contributed by atoms with Crippen LogP contribution in [0, 0.1) is 0 Å². The van der Waals surface area contributed by atoms with Gasteiger partial charge in [-0.2, -0.15) is 0 Å². The van der Waals surface area contributed by atoms with Crippen molar-refractivity contribution in [1.82, 2.24) is 9.97 Å². The number of aliphatic hydroxyl groups excluding tert-OH is 1. The number of ether oxygens (including phenoxy) is 4. The normalized spacial score (nSPS) is 31.3. The van der Waals surface area contributed by atoms with E-state index in [-0.39, 0.29) is 12.4 Å². The molecule has 0 amide bonds. The van der Waals surface area contributed by atoms with Crippen molar-refractivity contribution in [2.75, 3.05) is 19.5 Å². The Hall–Kier alpha value is -2.72. The number of furan rings is 1. The van der Waals surface area contributed by atoms with Crippen molar-refractivity contribution in [3.63, 3.8) is 0 Å². The van der Waals surface area contributed by atoms with Gasteiger partial charge in [0.15, 0.2) is 17.7 Å². The molecule has 0 spiro atoms. The molecule has 0 saturated carbocycles. The molecule has 2 aliphatic rings. The topological polar surface area (TPSA) is 122 Å². The fourth-order valence-electron chi connectivity index (χ4n) is 4.14. The lowest BCUT2D eigenvalue weighted by atomic mass is 9.89. The molecule has 3 aromatic rings. The summed E-state index contributed by atoms with van der Waals surface area (Å²) in [5, 5.41) is 9.88. The molecule has 3 N–H and O–H groups in total. The van der Waals surface area contributed by atoms with Crippen molar-refractivity contribution in [1.29, 1.82) is 0 Å². The number of aromatic nitrogens is 2. The van der Waals surface area contributed by atoms with Crippen LogP contribution in [0.1, 0.15) is 30.4 Å². The second-order valence-corrected chi connectivity index (χ2v) is 7.33. The molecule has 152 valence electrons. The molecule has 2 aliphatic heterocycles. The van der Waals surface area contributed by atoms with E-state index in [2.05, 4.69) is 9.97 Å². The summed E-state index contributed by atoms with van der Waals surface area (Å²) < 4.78 is 29.5. The summed E-state index contributed by atoms with van der Waals surface area (Å²) >= 11 is 0. The van der Waals surface area contributed by atoms with Crippen molar-refractivity contribution in [3.8, 4) is 5.75 Å². The predicted octanol–water partition coefficient (Wildman–Crippen LogP) is 2.12. The fraction of sp³-hybridized carbons (Fsp3) is 0.400. The molecule has 2 saturated heterocycles. The molecule has 0 radical (unpaired) electrons. The van der Waals surface area contributed by atoms with E-state index in [0.29, 0.717) is 16.7 Å². The summed E-state index contributed by atoms with van der Waals surface area (Å²) in [7, 11) is 1.61. The van der Waals surface area contributed by atoms with Gasteiger partial charge in [0.25, 0.3) is 0 Å². The van der Waals surface area contributed by atoms with Crippen LogP contribution < -0.4 is 10.5 Å². The zero-order chi connectivity index (χ0) is 20.2. The molecule has 9 heteroatoms. The van der Waals surface area contributed by atoms with Crippen molar-refractivity contribution in [3.05, 3.63) is 48.0 Å². The predicted molar refractivity (Wildman–Crippen MR) is 101 cm³/mol. The van der Waals surface area contributed by atoms with Crippen LogP contribution in [0.3, 0.4) is 0 Å². The van der Waals surface area contributed by atoms with Crippen LogP contribution in [-0.2, 0) is 14.2 Å². The Bertz CT molecular complexity index is 1040. The summed E-state index contributed by atoms with van der Waals surface area (Å²) in [4.78, 5) is 8.26. The van der Waals surface area contributed by atoms with Gasteiger partial charge in [0.05, 0.1) is 20.0 Å². The van der Waals surface area contributed by atoms with Gasteiger partial charge >= 0.3 is 0 Å². The maximum Gasteiger partial charge on any atom is 0.194 e. The molecular weight excluding hydrogens is 378 g/mol. The minimum atomic E-state index is -0.867. The number of fused-ring (bicyclic) bond motifs is 2. The number of methoxy groups -OCH3 is 1. The molecule has 5 atom stereocenters. The highest BCUT2D eigenvalue weighted by Gasteiger charge is 2.62. The first-order valence-corrected chi connectivity index (χ1v) is 9.26. The van der Waals surface area contributed by atoms with Crippen LogP contribution in [0.25, 0.3) is 11.1 Å². The minimum absolute atomic E-state index is 0.206. The molecule has 1 aromatic carbocycles. The lowest BCUT2D eigenvalue weighted by Gasteiger charge is -2.27. The second-order valence-electron chi connectivity index (χ2n) is 7.33. The van der Waals surface area contributed by atoms with E-state index in [1.54, 1.807) is 13.4 Å². The van der Waals surface area contributed by atoms with Gasteiger partial charge in [0, 0.05) is 11.1 Å². The molecule has 2 fully saturated rings. The van der Waals surface area contributed by atoms with Crippen molar-refractivity contribution >= 4 is 16.9 Å². The summed E-state index contributed by atoms with van der Waals surface area (Å²) in [6, 6.07) is 7.47. The third-order valence-electron chi connectivity index (χ3n) is 5.62. The van der Waals surface area contributed by atoms with E-state index in [1.807, 2.05) is 31.2 Å². The van der Waals surface area contributed by atoms with Gasteiger partial charge in [-0.25, -0.2) is 9.97 Å². The van der Waals surface area contributed by atoms with Crippen LogP contribution in [0.4, 0.5) is 5.82 Å². The average Bonchev–Trinajstić information content (AvgIpc) is 3.38. The Morgan fingerprint density at radius 2 is 2.00 bits per heavy atom. The molecule has 2 aromatic heterocycles. The van der Waals surface area contributed by atoms with Crippen molar-refractivity contribution in [2.45, 2.75) is 37.1 Å². The zero-order valence-corrected chi connectivity index (χ0v) is 15.9. The molecule has 0 bridgehead atoms. The third kappa shape index (κ3) is 2.70. The molecule has 5 rings (SSSR count). The van der Waals surface area contributed by atoms with Crippen molar-refractivity contribution < 1.29 is 28.5 Å². The molecule has 9 nitrogen and oxygen atoms in total. The highest BCUT2D eigenvalue weighted by atomic mass is 16.8. The minimum Gasteiger partial charge on any atom is -0.497 e. The average molecular weight is 399 g/mol. The van der Waals surface area contributed by atoms with E-state index in [4.69, 9.17) is 29.1 Å². The van der Waals surface area contributed by atoms with Gasteiger partial charge in [0.1, 0.15) is 41.5 Å². The Morgan fingerprint density at radius 3 is 2.72 bits per heavy atom. The maximum absolute atomic E-state index is 9.88. The maximum atomic E-state index is 9.88. The number of benzene rings is 1. The van der Waals surface area contributed by atoms with Crippen LogP contribution >= 0.6 is 0 Å². The summed E-state index contributed by atoms with van der Waals surface area (Å²) in [5.41, 5.74) is 7.50. The van der Waals surface area contributed by atoms with E-state index in [9.17, 15) is 5.11 Å². The Labute approximate surface area is 166 Å². The summed E-state index contributed by atoms with van der Waals surface area (Å²) in [6.45, 7) is 1.70. The van der Waals surface area contributed by atoms with Crippen LogP contribution in [0.2, 0.25) is 0 Å². The van der Waals surface area contributed by atoms with Crippen LogP contribution in [0.15, 0.2) is 41.3 Å². The summed E-state index contributed by atoms with van der Waals surface area (Å²) in [6.07, 6.45) is 0.719. The lowest BCUT2D eigenvalue weighted by molar-refractivity contribution is -0.157. The summed E-state index contributed by atoms with van der Waals surface area (Å²) in [5.74, 6) is 0.995. The quantitative estimate of drug-likeness (QED) is 0.679. The van der Waals surface area contributed by atoms with Gasteiger partial charge in [-0.3, -0.25) is 0 Å². The molecule has 0 aliphatic carbocycles. The smallest absolute Gasteiger partial charge is 0.194 e. The first-order chi connectivity index (χ1) is 14.0. The van der Waals surface area contributed by atoms with Gasteiger partial charge in [0.2, 0.25) is 0 Å². The first-order valence-electron chi connectivity index (χ1n) is 9.26. The fourth-order valence-corrected chi connectivity index (χ4v) is 4.14. The van der Waals surface area contributed by atoms with E-state index in [1.165, 1.54) is 6.33 Å². The number of rotatable bonds is 4. The Morgan fingerprint density at radius 1 is 1.21 bits per heavy atom. The van der Waals surface area contributed by atoms with Crippen LogP contribution in [0.5, 0.6) is 5.75 Å². The third-order valence-corrected chi connectivity index (χ3v) is 5.62. The van der Waals surface area contributed by atoms with E-state index < -0.39 is 30.2 Å². The first kappa shape index (κ1) is 18.3.